The molecule has 1 heterocycles. The van der Waals surface area contributed by atoms with Crippen LogP contribution in [0.3, 0.4) is 0 Å². The summed E-state index contributed by atoms with van der Waals surface area (Å²) in [4.78, 5) is 2.57. The average Bonchev–Trinajstić information content (AvgIpc) is 2.34. The van der Waals surface area contributed by atoms with Crippen LogP contribution in [0.1, 0.15) is 46.0 Å². The van der Waals surface area contributed by atoms with Crippen LogP contribution in [0.5, 0.6) is 0 Å². The van der Waals surface area contributed by atoms with Gasteiger partial charge in [-0.05, 0) is 45.3 Å². The van der Waals surface area contributed by atoms with E-state index >= 15 is 0 Å². The second-order valence-electron chi connectivity index (χ2n) is 4.73. The van der Waals surface area contributed by atoms with Crippen molar-refractivity contribution in [3.63, 3.8) is 0 Å². The molecule has 0 aromatic heterocycles. The molecule has 1 unspecified atom stereocenters. The van der Waals surface area contributed by atoms with Crippen LogP contribution < -0.4 is 5.32 Å². The molecule has 1 aliphatic heterocycles. The monoisotopic (exact) mass is 222 g/mol. The van der Waals surface area contributed by atoms with Gasteiger partial charge in [-0.1, -0.05) is 13.8 Å². The lowest BCUT2D eigenvalue weighted by molar-refractivity contribution is 0.141. The summed E-state index contributed by atoms with van der Waals surface area (Å²) in [5, 5.41) is 3.61. The third-order valence-corrected chi connectivity index (χ3v) is 3.55. The highest BCUT2D eigenvalue weighted by atomic mass is 15.2. The molecule has 0 bridgehead atoms. The zero-order valence-corrected chi connectivity index (χ0v) is 10.8. The Balaban J connectivity index is 2.27. The topological polar surface area (TPSA) is 15.3 Å². The second-order valence-corrected chi connectivity index (χ2v) is 4.73. The van der Waals surface area contributed by atoms with Crippen molar-refractivity contribution in [2.45, 2.75) is 58.0 Å². The Morgan fingerprint density at radius 1 is 1.38 bits per heavy atom. The maximum atomic E-state index is 5.42. The second kappa shape index (κ2) is 7.70. The molecule has 2 heteroatoms. The third-order valence-electron chi connectivity index (χ3n) is 3.55. The Bertz CT molecular complexity index is 211. The van der Waals surface area contributed by atoms with Gasteiger partial charge in [-0.3, -0.25) is 4.90 Å². The van der Waals surface area contributed by atoms with Crippen molar-refractivity contribution in [3.05, 3.63) is 0 Å². The lowest BCUT2D eigenvalue weighted by atomic mass is 10.0. The average molecular weight is 222 g/mol. The molecule has 1 aliphatic rings. The molecule has 0 amide bonds. The Morgan fingerprint density at radius 3 is 2.56 bits per heavy atom. The lowest BCUT2D eigenvalue weighted by Gasteiger charge is -2.37. The number of nitrogens with zero attached hydrogens (tertiary/aromatic N) is 1. The van der Waals surface area contributed by atoms with E-state index in [1.54, 1.807) is 0 Å². The molecule has 1 N–H and O–H groups in total. The normalized spacial score (nSPS) is 20.6. The minimum absolute atomic E-state index is 0.608. The Labute approximate surface area is 101 Å². The highest BCUT2D eigenvalue weighted by Crippen LogP contribution is 2.16. The van der Waals surface area contributed by atoms with Gasteiger partial charge in [0, 0.05) is 18.5 Å². The van der Waals surface area contributed by atoms with E-state index in [-0.39, 0.29) is 0 Å². The molecule has 1 saturated heterocycles. The summed E-state index contributed by atoms with van der Waals surface area (Å²) in [6, 6.07) is 1.34. The molecular weight excluding hydrogens is 196 g/mol. The van der Waals surface area contributed by atoms with Crippen LogP contribution in [-0.2, 0) is 0 Å². The maximum Gasteiger partial charge on any atom is 0.0242 e. The number of hydrogen-bond acceptors (Lipinski definition) is 2. The Hall–Kier alpha value is -0.520. The molecule has 0 radical (unpaired) electrons. The summed E-state index contributed by atoms with van der Waals surface area (Å²) in [6.07, 6.45) is 11.3. The fraction of sp³-hybridized carbons (Fsp3) is 0.857. The zero-order chi connectivity index (χ0) is 11.8. The van der Waals surface area contributed by atoms with E-state index in [9.17, 15) is 0 Å². The van der Waals surface area contributed by atoms with E-state index in [0.29, 0.717) is 6.04 Å². The number of piperidine rings is 1. The third kappa shape index (κ3) is 4.15. The maximum absolute atomic E-state index is 5.42. The summed E-state index contributed by atoms with van der Waals surface area (Å²) in [6.45, 7) is 8.04. The molecule has 0 spiro atoms. The first-order valence-electron chi connectivity index (χ1n) is 6.72. The van der Waals surface area contributed by atoms with Gasteiger partial charge in [-0.15, -0.1) is 12.3 Å². The van der Waals surface area contributed by atoms with Crippen molar-refractivity contribution in [1.82, 2.24) is 10.2 Å². The van der Waals surface area contributed by atoms with Crippen molar-refractivity contribution in [2.24, 2.45) is 0 Å². The fourth-order valence-electron chi connectivity index (χ4n) is 2.48. The number of terminal acetylenes is 1. The van der Waals surface area contributed by atoms with Gasteiger partial charge in [0.05, 0.1) is 0 Å². The van der Waals surface area contributed by atoms with Crippen molar-refractivity contribution in [1.29, 1.82) is 0 Å². The van der Waals surface area contributed by atoms with Gasteiger partial charge < -0.3 is 5.32 Å². The molecular formula is C14H26N2. The van der Waals surface area contributed by atoms with Gasteiger partial charge in [-0.2, -0.15) is 0 Å². The van der Waals surface area contributed by atoms with Gasteiger partial charge >= 0.3 is 0 Å². The van der Waals surface area contributed by atoms with E-state index in [2.05, 4.69) is 30.0 Å². The number of rotatable bonds is 6. The number of hydrogen-bond donors (Lipinski definition) is 1. The fourth-order valence-corrected chi connectivity index (χ4v) is 2.48. The summed E-state index contributed by atoms with van der Waals surface area (Å²) >= 11 is 0. The smallest absolute Gasteiger partial charge is 0.0242 e. The van der Waals surface area contributed by atoms with Crippen molar-refractivity contribution in [2.75, 3.05) is 19.6 Å². The standard InChI is InChI=1S/C14H26N2/c1-4-7-14(6-3)16-11-8-13(9-12-16)15-10-5-2/h1,13-15H,5-12H2,2-3H3. The van der Waals surface area contributed by atoms with Gasteiger partial charge in [0.25, 0.3) is 0 Å². The highest BCUT2D eigenvalue weighted by molar-refractivity contribution is 4.92. The first-order valence-corrected chi connectivity index (χ1v) is 6.72. The van der Waals surface area contributed by atoms with Crippen LogP contribution in [0.25, 0.3) is 0 Å². The summed E-state index contributed by atoms with van der Waals surface area (Å²) in [5.74, 6) is 2.80. The molecule has 16 heavy (non-hydrogen) atoms. The van der Waals surface area contributed by atoms with E-state index in [1.165, 1.54) is 38.8 Å². The molecule has 0 aliphatic carbocycles. The van der Waals surface area contributed by atoms with Gasteiger partial charge in [0.2, 0.25) is 0 Å². The molecule has 2 nitrogen and oxygen atoms in total. The van der Waals surface area contributed by atoms with Crippen molar-refractivity contribution in [3.8, 4) is 12.3 Å². The minimum atomic E-state index is 0.608. The predicted octanol–water partition coefficient (Wildman–Crippen LogP) is 2.25. The Morgan fingerprint density at radius 2 is 2.06 bits per heavy atom. The minimum Gasteiger partial charge on any atom is -0.314 e. The van der Waals surface area contributed by atoms with Crippen molar-refractivity contribution >= 4 is 0 Å². The lowest BCUT2D eigenvalue weighted by Crippen LogP contribution is -2.46. The SMILES string of the molecule is C#CCC(CC)N1CCC(NCCC)CC1. The zero-order valence-electron chi connectivity index (χ0n) is 10.8. The first kappa shape index (κ1) is 13.5. The first-order chi connectivity index (χ1) is 7.81. The molecule has 0 aromatic rings. The predicted molar refractivity (Wildman–Crippen MR) is 70.4 cm³/mol. The molecule has 1 atom stereocenters. The van der Waals surface area contributed by atoms with Gasteiger partial charge in [0.1, 0.15) is 0 Å². The number of likely N-dealkylation sites (tertiary alicyclic amines) is 1. The van der Waals surface area contributed by atoms with Gasteiger partial charge in [0.15, 0.2) is 0 Å². The van der Waals surface area contributed by atoms with E-state index in [4.69, 9.17) is 6.42 Å². The van der Waals surface area contributed by atoms with Crippen LogP contribution in [-0.4, -0.2) is 36.6 Å². The largest absolute Gasteiger partial charge is 0.314 e. The summed E-state index contributed by atoms with van der Waals surface area (Å²) in [7, 11) is 0. The van der Waals surface area contributed by atoms with Crippen LogP contribution in [0.4, 0.5) is 0 Å². The van der Waals surface area contributed by atoms with E-state index in [0.717, 1.165) is 19.0 Å². The van der Waals surface area contributed by atoms with Crippen LogP contribution in [0.2, 0.25) is 0 Å². The molecule has 0 saturated carbocycles. The van der Waals surface area contributed by atoms with E-state index < -0.39 is 0 Å². The van der Waals surface area contributed by atoms with Crippen LogP contribution >= 0.6 is 0 Å². The van der Waals surface area contributed by atoms with Crippen LogP contribution in [0, 0.1) is 12.3 Å². The summed E-state index contributed by atoms with van der Waals surface area (Å²) < 4.78 is 0. The highest BCUT2D eigenvalue weighted by Gasteiger charge is 2.22. The van der Waals surface area contributed by atoms with E-state index in [1.807, 2.05) is 0 Å². The van der Waals surface area contributed by atoms with Gasteiger partial charge in [-0.25, -0.2) is 0 Å². The van der Waals surface area contributed by atoms with Crippen LogP contribution in [0.15, 0.2) is 0 Å². The quantitative estimate of drug-likeness (QED) is 0.694. The molecule has 0 aromatic carbocycles. The molecule has 92 valence electrons. The number of nitrogens with one attached hydrogen (secondary N) is 1. The molecule has 1 fully saturated rings. The summed E-state index contributed by atoms with van der Waals surface area (Å²) in [5.41, 5.74) is 0. The molecule has 1 rings (SSSR count). The van der Waals surface area contributed by atoms with Crippen molar-refractivity contribution < 1.29 is 0 Å². The Kier molecular flexibility index (Phi) is 6.52.